The van der Waals surface area contributed by atoms with E-state index in [0.717, 1.165) is 28.7 Å². The number of ether oxygens (including phenoxy) is 4. The molecule has 2 atom stereocenters. The summed E-state index contributed by atoms with van der Waals surface area (Å²) in [6.07, 6.45) is -0.811. The average Bonchev–Trinajstić information content (AvgIpc) is 3.84. The molecule has 0 saturated heterocycles. The number of aromatic nitrogens is 6. The molecule has 1 N–H and O–H groups in total. The number of rotatable bonds is 18. The molecule has 0 amide bonds. The topological polar surface area (TPSA) is 171 Å². The first-order chi connectivity index (χ1) is 27.3. The summed E-state index contributed by atoms with van der Waals surface area (Å²) in [5, 5.41) is 20.7. The van der Waals surface area contributed by atoms with Crippen LogP contribution < -0.4 is 4.74 Å². The number of H-pyrrole nitrogens is 1. The third kappa shape index (κ3) is 11.0. The number of nitrogens with zero attached hydrogens (tertiary/aromatic N) is 8. The van der Waals surface area contributed by atoms with Crippen molar-refractivity contribution in [2.75, 3.05) is 33.9 Å². The van der Waals surface area contributed by atoms with E-state index in [-0.39, 0.29) is 23.6 Å². The molecular formula is C41H54N9O7+. The van der Waals surface area contributed by atoms with Gasteiger partial charge in [0.15, 0.2) is 7.05 Å². The molecule has 57 heavy (non-hydrogen) atoms. The van der Waals surface area contributed by atoms with Crippen molar-refractivity contribution < 1.29 is 38.2 Å². The van der Waals surface area contributed by atoms with Gasteiger partial charge in [-0.05, 0) is 86.4 Å². The predicted octanol–water partition coefficient (Wildman–Crippen LogP) is 7.71. The van der Waals surface area contributed by atoms with E-state index in [1.165, 1.54) is 6.92 Å². The SMILES string of the molecule is CCOc1nc2cccc(C(=O)OC(C)OC(=O)OCCC(CCO/N=[N+](\C)N(C)C(C)(C)C)C(C)C)c2n1Cc1ccc(-c2ccccc2-c2nn[nH]n2)cc1. The number of para-hydroxylation sites is 1. The lowest BCUT2D eigenvalue weighted by atomic mass is 9.90. The number of hydrazine groups is 1. The van der Waals surface area contributed by atoms with Gasteiger partial charge in [0.2, 0.25) is 17.4 Å². The Morgan fingerprint density at radius 3 is 2.33 bits per heavy atom. The lowest BCUT2D eigenvalue weighted by Crippen LogP contribution is -2.43. The van der Waals surface area contributed by atoms with E-state index in [9.17, 15) is 9.59 Å². The Morgan fingerprint density at radius 1 is 0.947 bits per heavy atom. The first-order valence-corrected chi connectivity index (χ1v) is 19.2. The molecule has 2 aromatic heterocycles. The third-order valence-corrected chi connectivity index (χ3v) is 9.69. The molecule has 0 saturated carbocycles. The molecule has 16 nitrogen and oxygen atoms in total. The second kappa shape index (κ2) is 19.2. The van der Waals surface area contributed by atoms with Crippen molar-refractivity contribution >= 4 is 23.2 Å². The van der Waals surface area contributed by atoms with Gasteiger partial charge in [-0.2, -0.15) is 15.2 Å². The summed E-state index contributed by atoms with van der Waals surface area (Å²) in [5.41, 5.74) is 4.94. The second-order valence-electron chi connectivity index (χ2n) is 14.9. The maximum absolute atomic E-state index is 13.6. The fraction of sp³-hybridized carbons (Fsp3) is 0.463. The van der Waals surface area contributed by atoms with Crippen molar-refractivity contribution in [1.82, 2.24) is 35.2 Å². The summed E-state index contributed by atoms with van der Waals surface area (Å²) in [7, 11) is 3.78. The van der Waals surface area contributed by atoms with Crippen LogP contribution in [0.3, 0.4) is 0 Å². The number of hydrogen-bond donors (Lipinski definition) is 1. The van der Waals surface area contributed by atoms with Crippen LogP contribution in [0, 0.1) is 11.8 Å². The molecule has 5 rings (SSSR count). The molecule has 0 aliphatic carbocycles. The number of imidazole rings is 1. The number of carbonyl (C=O) groups is 2. The van der Waals surface area contributed by atoms with E-state index in [4.69, 9.17) is 23.8 Å². The van der Waals surface area contributed by atoms with Crippen molar-refractivity contribution in [2.45, 2.75) is 79.7 Å². The van der Waals surface area contributed by atoms with E-state index in [0.29, 0.717) is 55.0 Å². The minimum atomic E-state index is -1.22. The molecular weight excluding hydrogens is 731 g/mol. The zero-order valence-electron chi connectivity index (χ0n) is 34.3. The Balaban J connectivity index is 1.19. The monoisotopic (exact) mass is 784 g/mol. The van der Waals surface area contributed by atoms with E-state index < -0.39 is 18.4 Å². The minimum absolute atomic E-state index is 0.0989. The number of esters is 1. The molecule has 5 aromatic rings. The number of hydrogen-bond acceptors (Lipinski definition) is 12. The van der Waals surface area contributed by atoms with Gasteiger partial charge in [-0.3, -0.25) is 4.57 Å². The van der Waals surface area contributed by atoms with Gasteiger partial charge in [0, 0.05) is 17.3 Å². The molecule has 0 spiro atoms. The minimum Gasteiger partial charge on any atom is -0.465 e. The van der Waals surface area contributed by atoms with Crippen molar-refractivity contribution in [1.29, 1.82) is 0 Å². The Labute approximate surface area is 333 Å². The van der Waals surface area contributed by atoms with Crippen molar-refractivity contribution in [3.8, 4) is 28.5 Å². The van der Waals surface area contributed by atoms with Crippen molar-refractivity contribution in [3.63, 3.8) is 0 Å². The van der Waals surface area contributed by atoms with Crippen molar-refractivity contribution in [3.05, 3.63) is 77.9 Å². The van der Waals surface area contributed by atoms with Crippen LogP contribution in [-0.4, -0.2) is 97.9 Å². The number of nitrogens with one attached hydrogen (secondary N) is 1. The summed E-state index contributed by atoms with van der Waals surface area (Å²) in [5.74, 6) is 0.361. The quantitative estimate of drug-likeness (QED) is 0.0230. The van der Waals surface area contributed by atoms with E-state index in [2.05, 4.69) is 65.5 Å². The van der Waals surface area contributed by atoms with Crippen molar-refractivity contribution in [2.24, 2.45) is 17.1 Å². The van der Waals surface area contributed by atoms with Gasteiger partial charge >= 0.3 is 12.1 Å². The normalized spacial score (nSPS) is 13.0. The molecule has 2 heterocycles. The van der Waals surface area contributed by atoms with Crippen LogP contribution in [0.1, 0.15) is 77.2 Å². The molecule has 2 unspecified atom stereocenters. The second-order valence-corrected chi connectivity index (χ2v) is 14.9. The highest BCUT2D eigenvalue weighted by molar-refractivity contribution is 6.02. The van der Waals surface area contributed by atoms with E-state index in [1.807, 2.05) is 79.1 Å². The molecule has 0 radical (unpaired) electrons. The number of benzene rings is 3. The highest BCUT2D eigenvalue weighted by Crippen LogP contribution is 2.31. The first kappa shape index (κ1) is 42.1. The van der Waals surface area contributed by atoms with Gasteiger partial charge in [0.1, 0.15) is 6.61 Å². The molecule has 0 fully saturated rings. The maximum atomic E-state index is 13.6. The molecule has 16 heteroatoms. The molecule has 304 valence electrons. The average molecular weight is 785 g/mol. The number of carbonyl (C=O) groups excluding carboxylic acids is 2. The largest absolute Gasteiger partial charge is 0.511 e. The summed E-state index contributed by atoms with van der Waals surface area (Å²) in [6.45, 7) is 15.1. The molecule has 3 aromatic carbocycles. The van der Waals surface area contributed by atoms with Crippen LogP contribution in [0.4, 0.5) is 4.79 Å². The Hall–Kier alpha value is -6.06. The lowest BCUT2D eigenvalue weighted by Gasteiger charge is -2.25. The zero-order valence-corrected chi connectivity index (χ0v) is 34.3. The zero-order chi connectivity index (χ0) is 41.1. The van der Waals surface area contributed by atoms with E-state index >= 15 is 0 Å². The van der Waals surface area contributed by atoms with Crippen LogP contribution in [0.2, 0.25) is 0 Å². The van der Waals surface area contributed by atoms with Crippen LogP contribution >= 0.6 is 0 Å². The van der Waals surface area contributed by atoms with Gasteiger partial charge in [-0.25, -0.2) is 9.59 Å². The first-order valence-electron chi connectivity index (χ1n) is 19.2. The molecule has 0 aliphatic heterocycles. The molecule has 0 bridgehead atoms. The Bertz CT molecular complexity index is 2110. The van der Waals surface area contributed by atoms with Crippen LogP contribution in [0.15, 0.2) is 72.0 Å². The van der Waals surface area contributed by atoms with Gasteiger partial charge in [-0.1, -0.05) is 68.4 Å². The summed E-state index contributed by atoms with van der Waals surface area (Å²) < 4.78 is 24.0. The third-order valence-electron chi connectivity index (χ3n) is 9.69. The molecule has 0 aliphatic rings. The van der Waals surface area contributed by atoms with Gasteiger partial charge in [0.25, 0.3) is 6.01 Å². The summed E-state index contributed by atoms with van der Waals surface area (Å²) >= 11 is 0. The number of aromatic amines is 1. The number of tetrazole rings is 1. The number of fused-ring (bicyclic) bond motifs is 1. The predicted molar refractivity (Wildman–Crippen MR) is 212 cm³/mol. The van der Waals surface area contributed by atoms with Crippen LogP contribution in [-0.2, 0) is 25.6 Å². The van der Waals surface area contributed by atoms with Gasteiger partial charge in [-0.15, -0.1) is 10.2 Å². The van der Waals surface area contributed by atoms with E-state index in [1.54, 1.807) is 23.0 Å². The van der Waals surface area contributed by atoms with Crippen LogP contribution in [0.5, 0.6) is 6.01 Å². The van der Waals surface area contributed by atoms with Gasteiger partial charge < -0.3 is 23.8 Å². The fourth-order valence-electron chi connectivity index (χ4n) is 6.22. The standard InChI is InChI=1S/C41H54N9O7/c1-10-53-39-42-35-17-13-16-34(36(35)50(39)26-29-18-20-31(21-19-29)32-14-11-12-15-33(32)37-43-45-46-44-37)38(51)56-28(4)57-40(52)54-24-22-30(27(2)3)23-25-55-47-49(9)48(8)41(5,6)7/h11-21,27-28,30H,10,22-26H2,1-9H3,(H,43,44,45,46)/q+1/b49-47+. The van der Waals surface area contributed by atoms with Crippen LogP contribution in [0.25, 0.3) is 33.5 Å². The summed E-state index contributed by atoms with van der Waals surface area (Å²) in [4.78, 5) is 38.1. The Kier molecular flexibility index (Phi) is 14.2. The van der Waals surface area contributed by atoms with Gasteiger partial charge in [0.05, 0.1) is 48.9 Å². The summed E-state index contributed by atoms with van der Waals surface area (Å²) in [6, 6.07) is 21.4. The maximum Gasteiger partial charge on any atom is 0.511 e. The highest BCUT2D eigenvalue weighted by Gasteiger charge is 2.26. The smallest absolute Gasteiger partial charge is 0.465 e. The Morgan fingerprint density at radius 2 is 1.67 bits per heavy atom. The highest BCUT2D eigenvalue weighted by atomic mass is 16.8. The lowest BCUT2D eigenvalue weighted by molar-refractivity contribution is -0.747. The fourth-order valence-corrected chi connectivity index (χ4v) is 6.22.